The van der Waals surface area contributed by atoms with Gasteiger partial charge in [0.05, 0.1) is 16.8 Å². The van der Waals surface area contributed by atoms with Gasteiger partial charge >= 0.3 is 0 Å². The number of aryl methyl sites for hydroxylation is 2. The van der Waals surface area contributed by atoms with E-state index in [1.165, 1.54) is 16.6 Å². The zero-order valence-corrected chi connectivity index (χ0v) is 21.1. The molecule has 1 amide bonds. The van der Waals surface area contributed by atoms with Crippen molar-refractivity contribution >= 4 is 44.9 Å². The van der Waals surface area contributed by atoms with E-state index < -0.39 is 0 Å². The Bertz CT molecular complexity index is 1420. The molecule has 2 aromatic carbocycles. The van der Waals surface area contributed by atoms with Crippen LogP contribution in [0.4, 0.5) is 5.69 Å². The van der Waals surface area contributed by atoms with Crippen LogP contribution < -0.4 is 10.9 Å². The zero-order chi connectivity index (χ0) is 23.8. The standard InChI is InChI=1S/C26H26N4O2S2/c1-16-4-8-18(9-5-16)27-22(31)15-33-26-28-24-23(20-12-13-29(3)14-21(20)34-24)25(32)30(26)19-10-6-17(2)7-11-19/h4-11H,12-15H2,1-3H3,(H,27,31). The number of likely N-dealkylation sites (N-methyl/N-ethyl adjacent to an activating group) is 1. The van der Waals surface area contributed by atoms with Crippen LogP contribution in [0.2, 0.25) is 0 Å². The van der Waals surface area contributed by atoms with Crippen LogP contribution in [0.5, 0.6) is 0 Å². The lowest BCUT2D eigenvalue weighted by atomic mass is 10.1. The highest BCUT2D eigenvalue weighted by molar-refractivity contribution is 7.99. The van der Waals surface area contributed by atoms with Crippen LogP contribution in [0.15, 0.2) is 58.5 Å². The van der Waals surface area contributed by atoms with E-state index in [9.17, 15) is 9.59 Å². The highest BCUT2D eigenvalue weighted by Crippen LogP contribution is 2.34. The number of benzene rings is 2. The molecule has 4 aromatic rings. The molecular weight excluding hydrogens is 464 g/mol. The number of carbonyl (C=O) groups excluding carboxylic acids is 1. The molecule has 2 aromatic heterocycles. The highest BCUT2D eigenvalue weighted by atomic mass is 32.2. The SMILES string of the molecule is Cc1ccc(NC(=O)CSc2nc3sc4c(c3c(=O)n2-c2ccc(C)cc2)CCN(C)C4)cc1. The summed E-state index contributed by atoms with van der Waals surface area (Å²) in [6, 6.07) is 15.5. The summed E-state index contributed by atoms with van der Waals surface area (Å²) in [5, 5.41) is 4.18. The van der Waals surface area contributed by atoms with Gasteiger partial charge in [-0.1, -0.05) is 47.2 Å². The Morgan fingerprint density at radius 1 is 1.09 bits per heavy atom. The van der Waals surface area contributed by atoms with E-state index in [0.29, 0.717) is 5.16 Å². The van der Waals surface area contributed by atoms with Gasteiger partial charge in [-0.3, -0.25) is 14.2 Å². The van der Waals surface area contributed by atoms with Crippen molar-refractivity contribution in [3.8, 4) is 5.69 Å². The number of nitrogens with one attached hydrogen (secondary N) is 1. The van der Waals surface area contributed by atoms with E-state index in [1.807, 2.05) is 62.4 Å². The van der Waals surface area contributed by atoms with E-state index in [0.717, 1.165) is 57.8 Å². The summed E-state index contributed by atoms with van der Waals surface area (Å²) in [4.78, 5) is 35.6. The van der Waals surface area contributed by atoms with Gasteiger partial charge in [0.1, 0.15) is 4.83 Å². The molecule has 1 aliphatic rings. The number of thioether (sulfide) groups is 1. The van der Waals surface area contributed by atoms with E-state index >= 15 is 0 Å². The maximum atomic E-state index is 13.8. The molecule has 0 atom stereocenters. The maximum absolute atomic E-state index is 13.8. The van der Waals surface area contributed by atoms with Gasteiger partial charge in [0.15, 0.2) is 5.16 Å². The third-order valence-corrected chi connectivity index (χ3v) is 8.04. The normalized spacial score (nSPS) is 13.7. The van der Waals surface area contributed by atoms with Gasteiger partial charge in [-0.05, 0) is 57.1 Å². The van der Waals surface area contributed by atoms with E-state index in [-0.39, 0.29) is 17.2 Å². The van der Waals surface area contributed by atoms with Crippen molar-refractivity contribution in [2.45, 2.75) is 32.0 Å². The minimum atomic E-state index is -0.134. The third-order valence-electron chi connectivity index (χ3n) is 5.99. The number of aromatic nitrogens is 2. The van der Waals surface area contributed by atoms with Crippen LogP contribution in [-0.4, -0.2) is 39.7 Å². The molecule has 0 aliphatic carbocycles. The van der Waals surface area contributed by atoms with Crippen molar-refractivity contribution in [3.05, 3.63) is 80.5 Å². The minimum Gasteiger partial charge on any atom is -0.325 e. The van der Waals surface area contributed by atoms with Gasteiger partial charge < -0.3 is 10.2 Å². The first-order valence-electron chi connectivity index (χ1n) is 11.2. The Kier molecular flexibility index (Phi) is 6.29. The van der Waals surface area contributed by atoms with Crippen LogP contribution in [0.1, 0.15) is 21.6 Å². The van der Waals surface area contributed by atoms with Crippen molar-refractivity contribution < 1.29 is 4.79 Å². The van der Waals surface area contributed by atoms with E-state index in [4.69, 9.17) is 4.98 Å². The lowest BCUT2D eigenvalue weighted by Gasteiger charge is -2.21. The fourth-order valence-corrected chi connectivity index (χ4v) is 6.29. The smallest absolute Gasteiger partial charge is 0.267 e. The number of hydrogen-bond donors (Lipinski definition) is 1. The van der Waals surface area contributed by atoms with Gasteiger partial charge in [-0.25, -0.2) is 4.98 Å². The zero-order valence-electron chi connectivity index (χ0n) is 19.4. The number of thiophene rings is 1. The molecule has 34 heavy (non-hydrogen) atoms. The summed E-state index contributed by atoms with van der Waals surface area (Å²) >= 11 is 2.88. The highest BCUT2D eigenvalue weighted by Gasteiger charge is 2.24. The second-order valence-corrected chi connectivity index (χ2v) is 10.8. The van der Waals surface area contributed by atoms with Gasteiger partial charge in [-0.2, -0.15) is 0 Å². The van der Waals surface area contributed by atoms with Crippen molar-refractivity contribution in [2.24, 2.45) is 0 Å². The Labute approximate surface area is 206 Å². The van der Waals surface area contributed by atoms with Crippen molar-refractivity contribution in [3.63, 3.8) is 0 Å². The fourth-order valence-electron chi connectivity index (χ4n) is 4.13. The fraction of sp³-hybridized carbons (Fsp3) is 0.269. The molecule has 174 valence electrons. The molecule has 8 heteroatoms. The second kappa shape index (κ2) is 9.37. The molecule has 5 rings (SSSR count). The predicted molar refractivity (Wildman–Crippen MR) is 141 cm³/mol. The molecule has 1 N–H and O–H groups in total. The summed E-state index contributed by atoms with van der Waals surface area (Å²) in [5.74, 6) is 0.0247. The number of fused-ring (bicyclic) bond motifs is 3. The first kappa shape index (κ1) is 22.8. The van der Waals surface area contributed by atoms with Crippen LogP contribution in [0.3, 0.4) is 0 Å². The summed E-state index contributed by atoms with van der Waals surface area (Å²) in [5.41, 5.74) is 4.85. The predicted octanol–water partition coefficient (Wildman–Crippen LogP) is 4.78. The summed E-state index contributed by atoms with van der Waals surface area (Å²) in [6.45, 7) is 5.79. The first-order valence-corrected chi connectivity index (χ1v) is 13.0. The van der Waals surface area contributed by atoms with Crippen molar-refractivity contribution in [1.82, 2.24) is 14.5 Å². The summed E-state index contributed by atoms with van der Waals surface area (Å²) in [7, 11) is 2.10. The Morgan fingerprint density at radius 3 is 2.47 bits per heavy atom. The van der Waals surface area contributed by atoms with Crippen molar-refractivity contribution in [1.29, 1.82) is 0 Å². The Hall–Kier alpha value is -2.94. The molecule has 3 heterocycles. The number of anilines is 1. The molecule has 0 saturated heterocycles. The molecule has 0 unspecified atom stereocenters. The number of rotatable bonds is 5. The molecular formula is C26H26N4O2S2. The first-order chi connectivity index (χ1) is 16.4. The molecule has 0 spiro atoms. The average Bonchev–Trinajstić information content (AvgIpc) is 3.17. The quantitative estimate of drug-likeness (QED) is 0.322. The number of nitrogens with zero attached hydrogens (tertiary/aromatic N) is 3. The summed E-state index contributed by atoms with van der Waals surface area (Å²) < 4.78 is 1.66. The lowest BCUT2D eigenvalue weighted by Crippen LogP contribution is -2.27. The third kappa shape index (κ3) is 4.53. The second-order valence-electron chi connectivity index (χ2n) is 8.75. The van der Waals surface area contributed by atoms with Gasteiger partial charge in [0, 0.05) is 23.7 Å². The van der Waals surface area contributed by atoms with Crippen LogP contribution in [0, 0.1) is 13.8 Å². The molecule has 0 saturated carbocycles. The van der Waals surface area contributed by atoms with E-state index in [1.54, 1.807) is 15.9 Å². The minimum absolute atomic E-state index is 0.0580. The van der Waals surface area contributed by atoms with Crippen LogP contribution >= 0.6 is 23.1 Å². The van der Waals surface area contributed by atoms with Crippen LogP contribution in [0.25, 0.3) is 15.9 Å². The van der Waals surface area contributed by atoms with Gasteiger partial charge in [-0.15, -0.1) is 11.3 Å². The largest absolute Gasteiger partial charge is 0.325 e. The van der Waals surface area contributed by atoms with Crippen LogP contribution in [-0.2, 0) is 17.8 Å². The molecule has 6 nitrogen and oxygen atoms in total. The number of carbonyl (C=O) groups is 1. The lowest BCUT2D eigenvalue weighted by molar-refractivity contribution is -0.113. The molecule has 0 fully saturated rings. The molecule has 0 radical (unpaired) electrons. The number of hydrogen-bond acceptors (Lipinski definition) is 6. The van der Waals surface area contributed by atoms with Gasteiger partial charge in [0.2, 0.25) is 5.91 Å². The van der Waals surface area contributed by atoms with Gasteiger partial charge in [0.25, 0.3) is 5.56 Å². The Morgan fingerprint density at radius 2 is 1.76 bits per heavy atom. The molecule has 1 aliphatic heterocycles. The van der Waals surface area contributed by atoms with E-state index in [2.05, 4.69) is 17.3 Å². The monoisotopic (exact) mass is 490 g/mol. The summed E-state index contributed by atoms with van der Waals surface area (Å²) in [6.07, 6.45) is 0.849. The topological polar surface area (TPSA) is 67.2 Å². The Balaban J connectivity index is 1.52. The average molecular weight is 491 g/mol. The number of amides is 1. The maximum Gasteiger partial charge on any atom is 0.267 e. The van der Waals surface area contributed by atoms with Crippen molar-refractivity contribution in [2.75, 3.05) is 24.7 Å². The molecule has 0 bridgehead atoms.